The van der Waals surface area contributed by atoms with E-state index in [2.05, 4.69) is 4.98 Å². The maximum atomic E-state index is 11.7. The molecule has 0 N–H and O–H groups in total. The smallest absolute Gasteiger partial charge is 0.489 e. The molecule has 0 atom stereocenters. The summed E-state index contributed by atoms with van der Waals surface area (Å²) in [5.41, 5.74) is 0.755. The van der Waals surface area contributed by atoms with Crippen LogP contribution in [0.2, 0.25) is 0 Å². The van der Waals surface area contributed by atoms with Crippen LogP contribution in [0.1, 0.15) is 12.5 Å². The fraction of sp³-hybridized carbons (Fsp3) is 0.400. The topological polar surface area (TPSA) is 71.5 Å². The van der Waals surface area contributed by atoms with Crippen LogP contribution in [0.15, 0.2) is 17.0 Å². The number of aryl methyl sites for hydroxylation is 1. The molecule has 21 heavy (non-hydrogen) atoms. The lowest BCUT2D eigenvalue weighted by atomic mass is 10.2. The van der Waals surface area contributed by atoms with E-state index in [9.17, 15) is 25.7 Å². The van der Waals surface area contributed by atoms with Crippen LogP contribution in [0.5, 0.6) is 5.75 Å². The molecular weight excluding hydrogens is 315 g/mol. The van der Waals surface area contributed by atoms with Gasteiger partial charge in [0.15, 0.2) is 14.8 Å². The van der Waals surface area contributed by atoms with E-state index in [1.54, 1.807) is 13.8 Å². The van der Waals surface area contributed by atoms with Gasteiger partial charge in [-0.1, -0.05) is 6.92 Å². The summed E-state index contributed by atoms with van der Waals surface area (Å²) in [7, 11) is -7.90. The van der Waals surface area contributed by atoms with Crippen LogP contribution in [0.3, 0.4) is 0 Å². The lowest BCUT2D eigenvalue weighted by Crippen LogP contribution is -2.06. The molecule has 0 aliphatic heterocycles. The number of benzene rings is 1. The number of sulfone groups is 1. The van der Waals surface area contributed by atoms with Crippen LogP contribution in [0, 0.1) is 12.3 Å². The maximum absolute atomic E-state index is 11.7. The van der Waals surface area contributed by atoms with E-state index in [0.29, 0.717) is 5.56 Å². The zero-order valence-electron chi connectivity index (χ0n) is 11.5. The van der Waals surface area contributed by atoms with Crippen molar-refractivity contribution in [1.29, 1.82) is 5.39 Å². The molecule has 0 amide bonds. The normalized spacial score (nSPS) is 11.1. The molecule has 1 aromatic carbocycles. The highest BCUT2D eigenvalue weighted by molar-refractivity contribution is 7.91. The second-order valence-electron chi connectivity index (χ2n) is 3.79. The molecule has 118 valence electrons. The first-order valence-corrected chi connectivity index (χ1v) is 7.25. The lowest BCUT2D eigenvalue weighted by Gasteiger charge is -2.06. The largest absolute Gasteiger partial charge is 0.673 e. The molecule has 0 spiro atoms. The standard InChI is InChI=1S/C10H13N2O3S.BF4/c1-4-16(13,14)10-6-9(15-3)8(12-11)5-7(10)2;2-1(3,4)5/h5-6H,4H2,1-3H3;/q+1;-1. The predicted molar refractivity (Wildman–Crippen MR) is 70.4 cm³/mol. The Balaban J connectivity index is 0.000000690. The van der Waals surface area contributed by atoms with E-state index >= 15 is 0 Å². The van der Waals surface area contributed by atoms with E-state index in [0.717, 1.165) is 0 Å². The Hall–Kier alpha value is -1.83. The molecule has 0 saturated carbocycles. The summed E-state index contributed by atoms with van der Waals surface area (Å²) in [6.45, 7) is 3.22. The number of hydrogen-bond acceptors (Lipinski definition) is 4. The molecule has 0 fully saturated rings. The number of diazo groups is 1. The minimum absolute atomic E-state index is 0.0204. The van der Waals surface area contributed by atoms with Gasteiger partial charge in [-0.05, 0) is 12.5 Å². The summed E-state index contributed by atoms with van der Waals surface area (Å²) < 4.78 is 67.4. The van der Waals surface area contributed by atoms with E-state index in [-0.39, 0.29) is 22.1 Å². The summed E-state index contributed by atoms with van der Waals surface area (Å²) >= 11 is 0. The van der Waals surface area contributed by atoms with Crippen LogP contribution >= 0.6 is 0 Å². The van der Waals surface area contributed by atoms with Crippen LogP contribution < -0.4 is 4.74 Å². The average molecular weight is 328 g/mol. The third-order valence-electron chi connectivity index (χ3n) is 2.30. The monoisotopic (exact) mass is 328 g/mol. The quantitative estimate of drug-likeness (QED) is 0.483. The van der Waals surface area contributed by atoms with Gasteiger partial charge < -0.3 is 22.0 Å². The Kier molecular flexibility index (Phi) is 6.63. The molecule has 0 heterocycles. The number of rotatable bonds is 3. The minimum atomic E-state index is -6.00. The molecular formula is C10H13BF4N2O3S. The van der Waals surface area contributed by atoms with Crippen molar-refractivity contribution in [1.82, 2.24) is 0 Å². The summed E-state index contributed by atoms with van der Waals surface area (Å²) in [6.07, 6.45) is 0. The number of halogens is 4. The summed E-state index contributed by atoms with van der Waals surface area (Å²) in [6, 6.07) is 2.85. The van der Waals surface area contributed by atoms with Gasteiger partial charge in [0.05, 0.1) is 17.8 Å². The van der Waals surface area contributed by atoms with Gasteiger partial charge >= 0.3 is 12.9 Å². The van der Waals surface area contributed by atoms with Gasteiger partial charge in [0, 0.05) is 12.1 Å². The zero-order chi connectivity index (χ0) is 16.8. The van der Waals surface area contributed by atoms with E-state index < -0.39 is 17.1 Å². The molecule has 0 aromatic heterocycles. The minimum Gasteiger partial charge on any atom is -0.489 e. The van der Waals surface area contributed by atoms with Crippen molar-refractivity contribution < 1.29 is 30.4 Å². The van der Waals surface area contributed by atoms with Crippen molar-refractivity contribution in [3.63, 3.8) is 0 Å². The molecule has 0 aliphatic carbocycles. The Morgan fingerprint density at radius 3 is 2.10 bits per heavy atom. The van der Waals surface area contributed by atoms with Crippen molar-refractivity contribution in [2.75, 3.05) is 12.9 Å². The van der Waals surface area contributed by atoms with Crippen LogP contribution in [0.25, 0.3) is 4.98 Å². The van der Waals surface area contributed by atoms with Gasteiger partial charge in [-0.25, -0.2) is 8.42 Å². The molecule has 0 unspecified atom stereocenters. The number of hydrogen-bond donors (Lipinski definition) is 0. The van der Waals surface area contributed by atoms with Gasteiger partial charge in [0.1, 0.15) is 0 Å². The molecule has 0 aliphatic rings. The predicted octanol–water partition coefficient (Wildman–Crippen LogP) is 3.58. The summed E-state index contributed by atoms with van der Waals surface area (Å²) in [4.78, 5) is 3.24. The molecule has 0 bridgehead atoms. The summed E-state index contributed by atoms with van der Waals surface area (Å²) in [5.74, 6) is 0.257. The molecule has 11 heteroatoms. The maximum Gasteiger partial charge on any atom is 0.673 e. The molecule has 0 saturated heterocycles. The van der Waals surface area contributed by atoms with E-state index in [1.165, 1.54) is 19.2 Å². The second kappa shape index (κ2) is 7.26. The van der Waals surface area contributed by atoms with Gasteiger partial charge in [0.2, 0.25) is 11.1 Å². The van der Waals surface area contributed by atoms with Gasteiger partial charge in [-0.2, -0.15) is 0 Å². The molecule has 5 nitrogen and oxygen atoms in total. The Morgan fingerprint density at radius 1 is 1.29 bits per heavy atom. The van der Waals surface area contributed by atoms with Crippen molar-refractivity contribution in [3.05, 3.63) is 22.7 Å². The first-order valence-electron chi connectivity index (χ1n) is 5.60. The van der Waals surface area contributed by atoms with Crippen LogP contribution in [-0.2, 0) is 9.84 Å². The average Bonchev–Trinajstić information content (AvgIpc) is 2.36. The first-order chi connectivity index (χ1) is 9.46. The highest BCUT2D eigenvalue weighted by Gasteiger charge is 2.23. The third kappa shape index (κ3) is 6.44. The number of ether oxygens (including phenoxy) is 1. The van der Waals surface area contributed by atoms with E-state index in [1.807, 2.05) is 0 Å². The van der Waals surface area contributed by atoms with Crippen LogP contribution in [0.4, 0.5) is 23.0 Å². The molecule has 1 rings (SSSR count). The van der Waals surface area contributed by atoms with Gasteiger partial charge in [0.25, 0.3) is 0 Å². The van der Waals surface area contributed by atoms with Crippen molar-refractivity contribution in [3.8, 4) is 5.75 Å². The fourth-order valence-electron chi connectivity index (χ4n) is 1.39. The van der Waals surface area contributed by atoms with E-state index in [4.69, 9.17) is 10.1 Å². The highest BCUT2D eigenvalue weighted by Crippen LogP contribution is 2.33. The first kappa shape index (κ1) is 19.2. The van der Waals surface area contributed by atoms with Gasteiger partial charge in [-0.15, -0.1) is 0 Å². The van der Waals surface area contributed by atoms with Crippen molar-refractivity contribution in [2.45, 2.75) is 18.7 Å². The third-order valence-corrected chi connectivity index (χ3v) is 4.17. The van der Waals surface area contributed by atoms with Gasteiger partial charge in [-0.3, -0.25) is 0 Å². The fourth-order valence-corrected chi connectivity index (χ4v) is 2.53. The Morgan fingerprint density at radius 2 is 1.76 bits per heavy atom. The number of methoxy groups -OCH3 is 1. The molecule has 1 aromatic rings. The second-order valence-corrected chi connectivity index (χ2v) is 6.03. The zero-order valence-corrected chi connectivity index (χ0v) is 12.3. The van der Waals surface area contributed by atoms with Crippen molar-refractivity contribution >= 4 is 22.8 Å². The van der Waals surface area contributed by atoms with Crippen LogP contribution in [-0.4, -0.2) is 28.5 Å². The lowest BCUT2D eigenvalue weighted by molar-refractivity contribution is 0.368. The number of nitrogens with zero attached hydrogens (tertiary/aromatic N) is 2. The molecule has 0 radical (unpaired) electrons. The van der Waals surface area contributed by atoms with Crippen molar-refractivity contribution in [2.24, 2.45) is 0 Å². The Bertz CT molecular complexity index is 635. The highest BCUT2D eigenvalue weighted by atomic mass is 32.2. The Labute approximate surface area is 119 Å². The SMILES string of the molecule is CCS(=O)(=O)c1cc(OC)c([N+]#N)cc1C.F[B-](F)(F)F. The summed E-state index contributed by atoms with van der Waals surface area (Å²) in [5, 5.41) is 8.72.